The minimum absolute atomic E-state index is 1.01. The fourth-order valence-electron chi connectivity index (χ4n) is 1.72. The number of hydrogen-bond acceptors (Lipinski definition) is 7. The van der Waals surface area contributed by atoms with E-state index in [9.17, 15) is 0 Å². The van der Waals surface area contributed by atoms with Gasteiger partial charge in [0.25, 0.3) is 0 Å². The molecule has 1 nitrogen and oxygen atoms in total. The Morgan fingerprint density at radius 1 is 0.909 bits per heavy atom. The van der Waals surface area contributed by atoms with Crippen molar-refractivity contribution < 1.29 is 0 Å². The second-order valence-corrected chi connectivity index (χ2v) is 11.8. The molecule has 0 spiro atoms. The van der Waals surface area contributed by atoms with Gasteiger partial charge in [0.1, 0.15) is 0 Å². The van der Waals surface area contributed by atoms with Crippen LogP contribution < -0.4 is 0 Å². The molecule has 0 aromatic carbocycles. The van der Waals surface area contributed by atoms with Gasteiger partial charge in [0.05, 0.1) is 16.9 Å². The third-order valence-electron chi connectivity index (χ3n) is 3.00. The minimum Gasteiger partial charge on any atom is -0.265 e. The van der Waals surface area contributed by atoms with Gasteiger partial charge in [-0.15, -0.1) is 23.5 Å². The van der Waals surface area contributed by atoms with Crippen LogP contribution in [0.4, 0.5) is 0 Å². The number of hydrogen-bond donors (Lipinski definition) is 0. The average Bonchev–Trinajstić information content (AvgIpc) is 3.10. The van der Waals surface area contributed by atoms with Crippen LogP contribution in [0.25, 0.3) is 0 Å². The van der Waals surface area contributed by atoms with Crippen molar-refractivity contribution in [2.24, 2.45) is 0 Å². The lowest BCUT2D eigenvalue weighted by Gasteiger charge is -2.03. The van der Waals surface area contributed by atoms with E-state index in [1.54, 1.807) is 0 Å². The van der Waals surface area contributed by atoms with Crippen molar-refractivity contribution in [1.82, 2.24) is 4.98 Å². The molecular weight excluding hydrogens is 387 g/mol. The summed E-state index contributed by atoms with van der Waals surface area (Å²) in [6, 6.07) is 4.19. The van der Waals surface area contributed by atoms with Gasteiger partial charge in [-0.25, -0.2) is 0 Å². The summed E-state index contributed by atoms with van der Waals surface area (Å²) in [6.45, 7) is 4.43. The molecule has 3 heterocycles. The highest BCUT2D eigenvalue weighted by Gasteiger charge is 2.27. The van der Waals surface area contributed by atoms with E-state index in [0.29, 0.717) is 0 Å². The summed E-state index contributed by atoms with van der Waals surface area (Å²) in [4.78, 5) is 6.97. The van der Waals surface area contributed by atoms with Gasteiger partial charge in [-0.1, -0.05) is 47.0 Å². The first-order valence-corrected chi connectivity index (χ1v) is 12.1. The first-order chi connectivity index (χ1) is 10.7. The maximum atomic E-state index is 4.08. The van der Waals surface area contributed by atoms with Crippen molar-refractivity contribution in [2.45, 2.75) is 19.6 Å². The van der Waals surface area contributed by atoms with Crippen LogP contribution in [-0.4, -0.2) is 11.2 Å². The van der Waals surface area contributed by atoms with Crippen molar-refractivity contribution >= 4 is 70.6 Å². The molecule has 2 aliphatic rings. The quantitative estimate of drug-likeness (QED) is 0.524. The predicted molar refractivity (Wildman–Crippen MR) is 112 cm³/mol. The summed E-state index contributed by atoms with van der Waals surface area (Å²) in [6.07, 6.45) is 5.91. The van der Waals surface area contributed by atoms with Gasteiger partial charge in [-0.3, -0.25) is 4.98 Å². The van der Waals surface area contributed by atoms with Gasteiger partial charge in [-0.2, -0.15) is 0 Å². The van der Waals surface area contributed by atoms with E-state index in [4.69, 9.17) is 0 Å². The van der Waals surface area contributed by atoms with Crippen LogP contribution in [0.3, 0.4) is 0 Å². The molecule has 1 aromatic rings. The van der Waals surface area contributed by atoms with Crippen molar-refractivity contribution in [3.63, 3.8) is 0 Å². The predicted octanol–water partition coefficient (Wildman–Crippen LogP) is 7.14. The largest absolute Gasteiger partial charge is 0.265 e. The molecule has 3 rings (SSSR count). The van der Waals surface area contributed by atoms with Crippen LogP contribution in [0, 0.1) is 0 Å². The van der Waals surface area contributed by atoms with Crippen LogP contribution in [0.1, 0.15) is 19.4 Å². The minimum atomic E-state index is 1.01. The maximum Gasteiger partial charge on any atom is 0.0717 e. The van der Waals surface area contributed by atoms with Crippen molar-refractivity contribution in [3.8, 4) is 0 Å². The second kappa shape index (κ2) is 8.03. The van der Waals surface area contributed by atoms with Crippen LogP contribution in [-0.2, 0) is 5.75 Å². The number of pyridine rings is 1. The van der Waals surface area contributed by atoms with Crippen LogP contribution in [0.15, 0.2) is 51.3 Å². The zero-order valence-corrected chi connectivity index (χ0v) is 17.3. The molecule has 0 radical (unpaired) electrons. The Kier molecular flexibility index (Phi) is 6.31. The molecule has 0 saturated carbocycles. The van der Waals surface area contributed by atoms with E-state index in [2.05, 4.69) is 37.2 Å². The first kappa shape index (κ1) is 17.3. The highest BCUT2D eigenvalue weighted by atomic mass is 32.3. The van der Waals surface area contributed by atoms with Gasteiger partial charge in [-0.05, 0) is 47.6 Å². The lowest BCUT2D eigenvalue weighted by molar-refractivity contribution is 1.27. The Hall–Kier alpha value is 0.470. The van der Waals surface area contributed by atoms with E-state index in [-0.39, 0.29) is 0 Å². The lowest BCUT2D eigenvalue weighted by atomic mass is 10.3. The monoisotopic (exact) mass is 401 g/mol. The molecule has 0 unspecified atom stereocenters. The summed E-state index contributed by atoms with van der Waals surface area (Å²) >= 11 is 11.5. The molecule has 0 fully saturated rings. The molecule has 0 amide bonds. The van der Waals surface area contributed by atoms with Crippen molar-refractivity contribution in [3.05, 3.63) is 56.8 Å². The normalized spacial score (nSPS) is 18.9. The summed E-state index contributed by atoms with van der Waals surface area (Å²) in [5.74, 6) is 1.01. The number of allylic oxidation sites excluding steroid dienone is 2. The maximum absolute atomic E-state index is 4.08. The SMILES string of the molecule is CSC1=C(SCc2ccncc2)SC(=C2SC(C)=C(C)S2)S1. The lowest BCUT2D eigenvalue weighted by Crippen LogP contribution is -1.80. The molecule has 22 heavy (non-hydrogen) atoms. The Balaban J connectivity index is 1.68. The molecule has 116 valence electrons. The molecule has 0 atom stereocenters. The van der Waals surface area contributed by atoms with E-state index in [1.807, 2.05) is 83.0 Å². The van der Waals surface area contributed by atoms with Gasteiger partial charge >= 0.3 is 0 Å². The first-order valence-electron chi connectivity index (χ1n) is 6.60. The molecular formula is C15H15NS6. The Bertz CT molecular complexity index is 646. The second-order valence-electron chi connectivity index (χ2n) is 4.52. The third-order valence-corrected chi connectivity index (χ3v) is 11.6. The number of thioether (sulfide) groups is 6. The molecule has 0 saturated heterocycles. The van der Waals surface area contributed by atoms with Gasteiger partial charge in [0.2, 0.25) is 0 Å². The third kappa shape index (κ3) is 4.11. The fourth-order valence-corrected chi connectivity index (χ4v) is 9.93. The van der Waals surface area contributed by atoms with Crippen LogP contribution >= 0.6 is 70.6 Å². The Morgan fingerprint density at radius 2 is 1.50 bits per heavy atom. The molecule has 0 bridgehead atoms. The molecule has 0 N–H and O–H groups in total. The standard InChI is InChI=1S/C15H15NS6/c1-9-10(2)20-14(19-9)15-21-12(17-3)13(22-15)18-8-11-4-6-16-7-5-11/h4-7H,8H2,1-3H3. The summed E-state index contributed by atoms with van der Waals surface area (Å²) in [7, 11) is 0. The van der Waals surface area contributed by atoms with Crippen molar-refractivity contribution in [2.75, 3.05) is 6.26 Å². The molecule has 7 heteroatoms. The Morgan fingerprint density at radius 3 is 2.14 bits per heavy atom. The van der Waals surface area contributed by atoms with E-state index in [1.165, 1.54) is 32.3 Å². The molecule has 0 aliphatic carbocycles. The molecule has 2 aliphatic heterocycles. The molecule has 1 aromatic heterocycles. The zero-order chi connectivity index (χ0) is 15.5. The van der Waals surface area contributed by atoms with Gasteiger partial charge in [0, 0.05) is 18.1 Å². The van der Waals surface area contributed by atoms with Gasteiger partial charge in [0.15, 0.2) is 0 Å². The highest BCUT2D eigenvalue weighted by Crippen LogP contribution is 2.63. The van der Waals surface area contributed by atoms with Crippen LogP contribution in [0.2, 0.25) is 0 Å². The van der Waals surface area contributed by atoms with Crippen molar-refractivity contribution in [1.29, 1.82) is 0 Å². The van der Waals surface area contributed by atoms with E-state index in [0.717, 1.165) is 5.75 Å². The van der Waals surface area contributed by atoms with E-state index >= 15 is 0 Å². The zero-order valence-electron chi connectivity index (χ0n) is 12.4. The summed E-state index contributed by atoms with van der Waals surface area (Å²) < 4.78 is 5.79. The number of rotatable bonds is 4. The average molecular weight is 402 g/mol. The van der Waals surface area contributed by atoms with Gasteiger partial charge < -0.3 is 0 Å². The number of aromatic nitrogens is 1. The summed E-state index contributed by atoms with van der Waals surface area (Å²) in [5.41, 5.74) is 1.33. The summed E-state index contributed by atoms with van der Waals surface area (Å²) in [5, 5.41) is 0. The topological polar surface area (TPSA) is 12.9 Å². The van der Waals surface area contributed by atoms with Crippen LogP contribution in [0.5, 0.6) is 0 Å². The van der Waals surface area contributed by atoms with E-state index < -0.39 is 0 Å². The fraction of sp³-hybridized carbons (Fsp3) is 0.267. The number of nitrogens with zero attached hydrogens (tertiary/aromatic N) is 1. The highest BCUT2D eigenvalue weighted by molar-refractivity contribution is 8.42. The Labute approximate surface area is 157 Å². The smallest absolute Gasteiger partial charge is 0.0717 e.